The number of carbonyl (C=O) groups is 1. The summed E-state index contributed by atoms with van der Waals surface area (Å²) in [5.41, 5.74) is 6.12. The summed E-state index contributed by atoms with van der Waals surface area (Å²) in [6.45, 7) is 5.96. The molecule has 5 heteroatoms. The van der Waals surface area contributed by atoms with Crippen LogP contribution in [0.4, 0.5) is 0 Å². The summed E-state index contributed by atoms with van der Waals surface area (Å²) in [5, 5.41) is 0. The van der Waals surface area contributed by atoms with Crippen LogP contribution in [0.25, 0.3) is 0 Å². The van der Waals surface area contributed by atoms with E-state index in [1.165, 1.54) is 42.6 Å². The van der Waals surface area contributed by atoms with E-state index in [0.717, 1.165) is 46.7 Å². The van der Waals surface area contributed by atoms with E-state index in [0.29, 0.717) is 6.42 Å². The lowest BCUT2D eigenvalue weighted by molar-refractivity contribution is -0.118. The van der Waals surface area contributed by atoms with Gasteiger partial charge < -0.3 is 5.73 Å². The number of nitrogens with two attached hydrogens (primary N) is 1. The molecular weight excluding hydrogens is 409 g/mol. The van der Waals surface area contributed by atoms with Gasteiger partial charge in [-0.15, -0.1) is 11.3 Å². The molecule has 160 valence electrons. The largest absolute Gasteiger partial charge is 0.370 e. The van der Waals surface area contributed by atoms with Crippen LogP contribution < -0.4 is 5.73 Å². The Hall–Kier alpha value is -0.770. The first-order chi connectivity index (χ1) is 13.5. The van der Waals surface area contributed by atoms with E-state index in [1.807, 2.05) is 39.0 Å². The van der Waals surface area contributed by atoms with Gasteiger partial charge in [-0.25, -0.2) is 0 Å². The number of aryl methyl sites for hydroxylation is 1. The number of halogens is 2. The van der Waals surface area contributed by atoms with Crippen molar-refractivity contribution in [3.8, 4) is 0 Å². The van der Waals surface area contributed by atoms with Gasteiger partial charge >= 0.3 is 0 Å². The van der Waals surface area contributed by atoms with E-state index in [1.54, 1.807) is 0 Å². The molecule has 28 heavy (non-hydrogen) atoms. The Balaban J connectivity index is 0.000000566. The highest BCUT2D eigenvalue weighted by atomic mass is 35.5. The molecule has 0 unspecified atom stereocenters. The molecule has 2 N–H and O–H groups in total. The Morgan fingerprint density at radius 3 is 2.36 bits per heavy atom. The summed E-state index contributed by atoms with van der Waals surface area (Å²) in [7, 11) is 0. The van der Waals surface area contributed by atoms with E-state index in [4.69, 9.17) is 28.9 Å². The third-order valence-electron chi connectivity index (χ3n) is 4.38. The Kier molecular flexibility index (Phi) is 17.8. The summed E-state index contributed by atoms with van der Waals surface area (Å²) in [6.07, 6.45) is 20.1. The van der Waals surface area contributed by atoms with Crippen LogP contribution in [0.5, 0.6) is 0 Å². The highest BCUT2D eigenvalue weighted by molar-refractivity contribution is 7.20. The molecule has 1 aromatic rings. The molecule has 0 spiro atoms. The minimum absolute atomic E-state index is 0.209. The second-order valence-electron chi connectivity index (χ2n) is 6.64. The zero-order valence-corrected chi connectivity index (χ0v) is 20.0. The van der Waals surface area contributed by atoms with Crippen LogP contribution in [0.2, 0.25) is 8.67 Å². The SMILES string of the molecule is C/C=C\CCCC(N)=O.CC.Clc1cc(CCC/C=C/C2CCCC2)c(Cl)s1. The van der Waals surface area contributed by atoms with E-state index in [2.05, 4.69) is 12.2 Å². The lowest BCUT2D eigenvalue weighted by atomic mass is 10.1. The van der Waals surface area contributed by atoms with Crippen LogP contribution in [-0.4, -0.2) is 5.91 Å². The van der Waals surface area contributed by atoms with Crippen LogP contribution in [-0.2, 0) is 11.2 Å². The average Bonchev–Trinajstić information content (AvgIpc) is 3.30. The van der Waals surface area contributed by atoms with Gasteiger partial charge in [0.15, 0.2) is 0 Å². The predicted molar refractivity (Wildman–Crippen MR) is 128 cm³/mol. The van der Waals surface area contributed by atoms with Crippen molar-refractivity contribution in [3.05, 3.63) is 44.6 Å². The van der Waals surface area contributed by atoms with E-state index < -0.39 is 0 Å². The number of allylic oxidation sites excluding steroid dienone is 4. The normalized spacial score (nSPS) is 14.0. The first-order valence-corrected chi connectivity index (χ1v) is 12.1. The monoisotopic (exact) mass is 445 g/mol. The molecule has 0 aromatic carbocycles. The van der Waals surface area contributed by atoms with Gasteiger partial charge in [-0.3, -0.25) is 4.79 Å². The topological polar surface area (TPSA) is 43.1 Å². The predicted octanol–water partition coefficient (Wildman–Crippen LogP) is 8.37. The van der Waals surface area contributed by atoms with Crippen molar-refractivity contribution in [2.75, 3.05) is 0 Å². The minimum atomic E-state index is -0.209. The average molecular weight is 447 g/mol. The standard InChI is InChI=1S/C14H18Cl2S.C7H13NO.C2H6/c15-13-10-12(14(16)17-13)9-3-1-2-6-11-7-4-5-8-11;1-2-3-4-5-6-7(8)9;1-2/h2,6,10-11H,1,3-5,7-9H2;2-3H,4-6H2,1H3,(H2,8,9);1-2H3/b6-2+;3-2-;. The number of thiophene rings is 1. The van der Waals surface area contributed by atoms with Gasteiger partial charge in [0, 0.05) is 6.42 Å². The van der Waals surface area contributed by atoms with Crippen LogP contribution in [0.3, 0.4) is 0 Å². The summed E-state index contributed by atoms with van der Waals surface area (Å²) in [4.78, 5) is 10.2. The molecule has 0 atom stereocenters. The van der Waals surface area contributed by atoms with Crippen molar-refractivity contribution >= 4 is 40.4 Å². The highest BCUT2D eigenvalue weighted by Gasteiger charge is 2.10. The number of carbonyl (C=O) groups excluding carboxylic acids is 1. The lowest BCUT2D eigenvalue weighted by Gasteiger charge is -2.00. The molecule has 2 rings (SSSR count). The molecule has 0 bridgehead atoms. The Labute approximate surface area is 186 Å². The molecule has 0 saturated heterocycles. The molecule has 0 aliphatic heterocycles. The molecule has 1 saturated carbocycles. The second kappa shape index (κ2) is 18.3. The molecule has 2 nitrogen and oxygen atoms in total. The number of hydrogen-bond donors (Lipinski definition) is 1. The first-order valence-electron chi connectivity index (χ1n) is 10.5. The van der Waals surface area contributed by atoms with Gasteiger partial charge in [0.25, 0.3) is 0 Å². The quantitative estimate of drug-likeness (QED) is 0.300. The highest BCUT2D eigenvalue weighted by Crippen LogP contribution is 2.32. The van der Waals surface area contributed by atoms with Gasteiger partial charge in [0.2, 0.25) is 5.91 Å². The smallest absolute Gasteiger partial charge is 0.217 e. The fraction of sp³-hybridized carbons (Fsp3) is 0.609. The molecular formula is C23H37Cl2NOS. The molecule has 1 aliphatic carbocycles. The number of primary amides is 1. The van der Waals surface area contributed by atoms with Crippen molar-refractivity contribution < 1.29 is 4.79 Å². The van der Waals surface area contributed by atoms with Crippen LogP contribution >= 0.6 is 34.5 Å². The molecule has 1 fully saturated rings. The second-order valence-corrected chi connectivity index (χ2v) is 8.93. The first kappa shape index (κ1) is 27.2. The van der Waals surface area contributed by atoms with Crippen molar-refractivity contribution in [3.63, 3.8) is 0 Å². The van der Waals surface area contributed by atoms with Crippen LogP contribution in [0.1, 0.15) is 84.1 Å². The van der Waals surface area contributed by atoms with E-state index in [-0.39, 0.29) is 5.91 Å². The third-order valence-corrected chi connectivity index (χ3v) is 5.95. The maximum atomic E-state index is 10.2. The zero-order chi connectivity index (χ0) is 21.2. The van der Waals surface area contributed by atoms with Crippen molar-refractivity contribution in [1.29, 1.82) is 0 Å². The molecule has 1 amide bonds. The third kappa shape index (κ3) is 14.3. The van der Waals surface area contributed by atoms with Crippen LogP contribution in [0, 0.1) is 5.92 Å². The zero-order valence-electron chi connectivity index (χ0n) is 17.7. The maximum Gasteiger partial charge on any atom is 0.217 e. The van der Waals surface area contributed by atoms with Crippen LogP contribution in [0.15, 0.2) is 30.4 Å². The number of amides is 1. The Morgan fingerprint density at radius 1 is 1.18 bits per heavy atom. The molecule has 0 radical (unpaired) electrons. The summed E-state index contributed by atoms with van der Waals surface area (Å²) in [5.74, 6) is 0.647. The van der Waals surface area contributed by atoms with Crippen molar-refractivity contribution in [2.45, 2.75) is 85.0 Å². The molecule has 1 heterocycles. The van der Waals surface area contributed by atoms with Gasteiger partial charge in [0.1, 0.15) is 0 Å². The lowest BCUT2D eigenvalue weighted by Crippen LogP contribution is -2.09. The van der Waals surface area contributed by atoms with Gasteiger partial charge in [-0.1, -0.05) is 74.2 Å². The van der Waals surface area contributed by atoms with E-state index >= 15 is 0 Å². The minimum Gasteiger partial charge on any atom is -0.370 e. The maximum absolute atomic E-state index is 10.2. The van der Waals surface area contributed by atoms with Crippen molar-refractivity contribution in [1.82, 2.24) is 0 Å². The summed E-state index contributed by atoms with van der Waals surface area (Å²) >= 11 is 13.5. The van der Waals surface area contributed by atoms with Gasteiger partial charge in [0.05, 0.1) is 8.67 Å². The van der Waals surface area contributed by atoms with Gasteiger partial charge in [-0.2, -0.15) is 0 Å². The fourth-order valence-electron chi connectivity index (χ4n) is 2.95. The Morgan fingerprint density at radius 2 is 1.82 bits per heavy atom. The van der Waals surface area contributed by atoms with E-state index in [9.17, 15) is 4.79 Å². The summed E-state index contributed by atoms with van der Waals surface area (Å²) in [6, 6.07) is 2.00. The number of hydrogen-bond acceptors (Lipinski definition) is 2. The van der Waals surface area contributed by atoms with Crippen molar-refractivity contribution in [2.24, 2.45) is 11.7 Å². The number of rotatable bonds is 9. The molecule has 1 aliphatic rings. The number of unbranched alkanes of at least 4 members (excludes halogenated alkanes) is 2. The Bertz CT molecular complexity index is 575. The summed E-state index contributed by atoms with van der Waals surface area (Å²) < 4.78 is 1.65. The van der Waals surface area contributed by atoms with Gasteiger partial charge in [-0.05, 0) is 69.4 Å². The fourth-order valence-corrected chi connectivity index (χ4v) is 4.50. The molecule has 1 aromatic heterocycles.